The normalized spacial score (nSPS) is 17.3. The number of rotatable bonds is 4. The predicted molar refractivity (Wildman–Crippen MR) is 68.9 cm³/mol. The fraction of sp³-hybridized carbons (Fsp3) is 0.778. The number of hydrogen-bond acceptors (Lipinski definition) is 5. The minimum absolute atomic E-state index is 0.146. The summed E-state index contributed by atoms with van der Waals surface area (Å²) in [5.41, 5.74) is 0. The molecule has 1 heterocycles. The molecule has 0 aliphatic carbocycles. The van der Waals surface area contributed by atoms with Crippen molar-refractivity contribution in [2.24, 2.45) is 0 Å². The molecule has 0 unspecified atom stereocenters. The maximum absolute atomic E-state index is 11.8. The van der Waals surface area contributed by atoms with Crippen molar-refractivity contribution in [3.05, 3.63) is 12.2 Å². The number of allylic oxidation sites excluding steroid dienone is 1. The SMILES string of the molecule is C1CCNCC1.O=S(=O)(F)NS(=O)(=O)CC=CC(F)(F)F. The second-order valence-electron chi connectivity index (χ2n) is 4.06. The first-order valence-electron chi connectivity index (χ1n) is 5.82. The van der Waals surface area contributed by atoms with Gasteiger partial charge in [-0.1, -0.05) is 20.5 Å². The number of hydrogen-bond donors (Lipinski definition) is 2. The Kier molecular flexibility index (Phi) is 8.36. The molecule has 1 saturated heterocycles. The molecule has 0 amide bonds. The van der Waals surface area contributed by atoms with Gasteiger partial charge >= 0.3 is 16.6 Å². The van der Waals surface area contributed by atoms with E-state index in [-0.39, 0.29) is 6.08 Å². The van der Waals surface area contributed by atoms with Crippen LogP contribution in [-0.2, 0) is 20.4 Å². The molecular formula is C9H16F4N2O4S2. The Hall–Kier alpha value is -0.720. The topological polar surface area (TPSA) is 92.3 Å². The van der Waals surface area contributed by atoms with Crippen LogP contribution in [0.2, 0.25) is 0 Å². The van der Waals surface area contributed by atoms with Crippen molar-refractivity contribution in [3.8, 4) is 0 Å². The van der Waals surface area contributed by atoms with E-state index in [1.54, 1.807) is 0 Å². The molecule has 21 heavy (non-hydrogen) atoms. The second-order valence-corrected chi connectivity index (χ2v) is 7.16. The van der Waals surface area contributed by atoms with Crippen molar-refractivity contribution in [1.29, 1.82) is 0 Å². The number of piperidine rings is 1. The molecule has 0 radical (unpaired) electrons. The van der Waals surface area contributed by atoms with Gasteiger partial charge in [-0.05, 0) is 25.9 Å². The fourth-order valence-electron chi connectivity index (χ4n) is 1.30. The molecule has 1 aliphatic rings. The van der Waals surface area contributed by atoms with E-state index in [0.29, 0.717) is 4.13 Å². The number of sulfonamides is 1. The van der Waals surface area contributed by atoms with E-state index in [4.69, 9.17) is 0 Å². The van der Waals surface area contributed by atoms with Gasteiger partial charge in [-0.15, -0.1) is 0 Å². The van der Waals surface area contributed by atoms with E-state index in [2.05, 4.69) is 5.32 Å². The van der Waals surface area contributed by atoms with Gasteiger partial charge in [0.25, 0.3) is 0 Å². The fourth-order valence-corrected chi connectivity index (χ4v) is 3.13. The molecule has 1 rings (SSSR count). The van der Waals surface area contributed by atoms with Gasteiger partial charge in [0.2, 0.25) is 10.0 Å². The zero-order valence-corrected chi connectivity index (χ0v) is 12.5. The number of nitrogens with one attached hydrogen (secondary N) is 2. The molecule has 0 bridgehead atoms. The van der Waals surface area contributed by atoms with Crippen LogP contribution in [0, 0.1) is 0 Å². The minimum Gasteiger partial charge on any atom is -0.317 e. The van der Waals surface area contributed by atoms with Gasteiger partial charge in [-0.3, -0.25) is 0 Å². The van der Waals surface area contributed by atoms with E-state index in [0.717, 1.165) is 0 Å². The minimum atomic E-state index is -5.50. The Labute approximate surface area is 121 Å². The number of alkyl halides is 3. The second kappa shape index (κ2) is 8.66. The van der Waals surface area contributed by atoms with Gasteiger partial charge in [-0.2, -0.15) is 21.6 Å². The van der Waals surface area contributed by atoms with Crippen LogP contribution >= 0.6 is 0 Å². The Balaban J connectivity index is 0.000000547. The lowest BCUT2D eigenvalue weighted by atomic mass is 10.2. The summed E-state index contributed by atoms with van der Waals surface area (Å²) < 4.78 is 87.5. The highest BCUT2D eigenvalue weighted by Gasteiger charge is 2.23. The lowest BCUT2D eigenvalue weighted by Crippen LogP contribution is -2.29. The quantitative estimate of drug-likeness (QED) is 0.445. The largest absolute Gasteiger partial charge is 0.409 e. The van der Waals surface area contributed by atoms with Gasteiger partial charge in [0.15, 0.2) is 0 Å². The van der Waals surface area contributed by atoms with Crippen LogP contribution in [-0.4, -0.2) is 41.9 Å². The maximum Gasteiger partial charge on any atom is 0.409 e. The zero-order valence-electron chi connectivity index (χ0n) is 10.9. The smallest absolute Gasteiger partial charge is 0.317 e. The van der Waals surface area contributed by atoms with Crippen molar-refractivity contribution in [1.82, 2.24) is 9.44 Å². The molecule has 2 N–H and O–H groups in total. The third kappa shape index (κ3) is 15.5. The van der Waals surface area contributed by atoms with Gasteiger partial charge in [-0.25, -0.2) is 8.42 Å². The van der Waals surface area contributed by atoms with Crippen molar-refractivity contribution >= 4 is 20.4 Å². The summed E-state index contributed by atoms with van der Waals surface area (Å²) in [5, 5.41) is 3.28. The summed E-state index contributed by atoms with van der Waals surface area (Å²) in [5.74, 6) is -1.30. The molecule has 126 valence electrons. The van der Waals surface area contributed by atoms with Crippen molar-refractivity contribution < 1.29 is 33.9 Å². The monoisotopic (exact) mass is 356 g/mol. The van der Waals surface area contributed by atoms with E-state index >= 15 is 0 Å². The molecule has 1 aliphatic heterocycles. The summed E-state index contributed by atoms with van der Waals surface area (Å²) >= 11 is 0. The predicted octanol–water partition coefficient (Wildman–Crippen LogP) is 0.999. The van der Waals surface area contributed by atoms with Crippen LogP contribution in [0.25, 0.3) is 0 Å². The third-order valence-corrected chi connectivity index (χ3v) is 4.50. The van der Waals surface area contributed by atoms with Crippen LogP contribution in [0.4, 0.5) is 17.1 Å². The highest BCUT2D eigenvalue weighted by molar-refractivity contribution is 8.02. The Morgan fingerprint density at radius 1 is 1.05 bits per heavy atom. The first-order chi connectivity index (χ1) is 9.41. The van der Waals surface area contributed by atoms with Crippen molar-refractivity contribution in [3.63, 3.8) is 0 Å². The molecule has 12 heteroatoms. The van der Waals surface area contributed by atoms with Gasteiger partial charge < -0.3 is 5.32 Å². The Morgan fingerprint density at radius 2 is 1.57 bits per heavy atom. The molecule has 0 atom stereocenters. The summed E-state index contributed by atoms with van der Waals surface area (Å²) in [7, 11) is -10.2. The average Bonchev–Trinajstić information content (AvgIpc) is 2.26. The summed E-state index contributed by atoms with van der Waals surface area (Å²) in [4.78, 5) is 0. The molecule has 0 aromatic heterocycles. The van der Waals surface area contributed by atoms with Gasteiger partial charge in [0.1, 0.15) is 0 Å². The standard InChI is InChI=1S/C5H11N.C4H5F4NO4S2/c1-2-4-6-5-3-1;5-4(6,7)2-1-3-14(10,11)9-15(8,12)13/h6H,1-5H2;1-2,9H,3H2. The lowest BCUT2D eigenvalue weighted by molar-refractivity contribution is -0.0799. The molecule has 0 aromatic rings. The summed E-state index contributed by atoms with van der Waals surface area (Å²) in [6, 6.07) is 0. The molecule has 0 saturated carbocycles. The average molecular weight is 356 g/mol. The lowest BCUT2D eigenvalue weighted by Gasteiger charge is -2.08. The third-order valence-electron chi connectivity index (χ3n) is 2.06. The first kappa shape index (κ1) is 20.3. The molecular weight excluding hydrogens is 340 g/mol. The van der Waals surface area contributed by atoms with E-state index in [1.807, 2.05) is 0 Å². The molecule has 0 spiro atoms. The van der Waals surface area contributed by atoms with Crippen LogP contribution in [0.1, 0.15) is 19.3 Å². The van der Waals surface area contributed by atoms with E-state index in [9.17, 15) is 33.9 Å². The van der Waals surface area contributed by atoms with Crippen LogP contribution in [0.5, 0.6) is 0 Å². The first-order valence-corrected chi connectivity index (χ1v) is 8.86. The van der Waals surface area contributed by atoms with Gasteiger partial charge in [0, 0.05) is 6.08 Å². The molecule has 0 aromatic carbocycles. The van der Waals surface area contributed by atoms with Crippen molar-refractivity contribution in [2.75, 3.05) is 18.8 Å². The highest BCUT2D eigenvalue weighted by Crippen LogP contribution is 2.15. The zero-order chi connectivity index (χ0) is 16.6. The van der Waals surface area contributed by atoms with E-state index < -0.39 is 38.4 Å². The van der Waals surface area contributed by atoms with Crippen LogP contribution < -0.4 is 9.44 Å². The Bertz CT molecular complexity index is 513. The van der Waals surface area contributed by atoms with Crippen LogP contribution in [0.3, 0.4) is 0 Å². The van der Waals surface area contributed by atoms with Crippen molar-refractivity contribution in [2.45, 2.75) is 25.4 Å². The summed E-state index contributed by atoms with van der Waals surface area (Å²) in [6.07, 6.45) is -0.762. The Morgan fingerprint density at radius 3 is 1.86 bits per heavy atom. The summed E-state index contributed by atoms with van der Waals surface area (Å²) in [6.45, 7) is 2.50. The highest BCUT2D eigenvalue weighted by atomic mass is 32.3. The number of halogens is 4. The maximum atomic E-state index is 11.8. The molecule has 6 nitrogen and oxygen atoms in total. The van der Waals surface area contributed by atoms with Crippen LogP contribution in [0.15, 0.2) is 12.2 Å². The van der Waals surface area contributed by atoms with E-state index in [1.165, 1.54) is 32.4 Å². The molecule has 1 fully saturated rings. The van der Waals surface area contributed by atoms with Gasteiger partial charge in [0.05, 0.1) is 5.75 Å².